The Morgan fingerprint density at radius 2 is 1.87 bits per heavy atom. The van der Waals surface area contributed by atoms with E-state index in [1.165, 1.54) is 16.8 Å². The van der Waals surface area contributed by atoms with Crippen LogP contribution in [0.4, 0.5) is 5.95 Å². The van der Waals surface area contributed by atoms with E-state index in [0.717, 1.165) is 0 Å². The van der Waals surface area contributed by atoms with Crippen LogP contribution in [0.15, 0.2) is 23.1 Å². The highest BCUT2D eigenvalue weighted by Gasteiger charge is 2.45. The molecule has 0 spiro atoms. The maximum atomic E-state index is 12.6. The Balaban J connectivity index is 1.72. The highest BCUT2D eigenvalue weighted by Crippen LogP contribution is 2.32. The molecule has 2 aliphatic rings. The molecular formula is C18H25N5O8. The molecule has 3 heterocycles. The summed E-state index contributed by atoms with van der Waals surface area (Å²) >= 11 is 0. The molecule has 2 aromatic rings. The second-order valence-corrected chi connectivity index (χ2v) is 7.70. The number of hydrogen-bond donors (Lipinski definition) is 9. The van der Waals surface area contributed by atoms with Crippen LogP contribution < -0.4 is 16.6 Å². The van der Waals surface area contributed by atoms with E-state index in [1.807, 2.05) is 0 Å². The maximum absolute atomic E-state index is 12.6. The number of aromatic nitrogens is 3. The van der Waals surface area contributed by atoms with Crippen molar-refractivity contribution >= 4 is 17.0 Å². The molecule has 13 heteroatoms. The van der Waals surface area contributed by atoms with Crippen LogP contribution in [-0.2, 0) is 11.3 Å². The smallest absolute Gasteiger partial charge is 0.262 e. The Kier molecular flexibility index (Phi) is 5.85. The van der Waals surface area contributed by atoms with E-state index in [0.29, 0.717) is 5.56 Å². The number of nitrogens with one attached hydrogen (secondary N) is 2. The predicted molar refractivity (Wildman–Crippen MR) is 106 cm³/mol. The molecule has 2 aromatic heterocycles. The normalized spacial score (nSPS) is 35.8. The third-order valence-electron chi connectivity index (χ3n) is 5.68. The van der Waals surface area contributed by atoms with Crippen molar-refractivity contribution in [2.24, 2.45) is 0 Å². The zero-order valence-corrected chi connectivity index (χ0v) is 16.2. The van der Waals surface area contributed by atoms with E-state index in [-0.39, 0.29) is 23.5 Å². The van der Waals surface area contributed by atoms with Crippen molar-refractivity contribution in [3.05, 3.63) is 34.3 Å². The minimum Gasteiger partial charge on any atom is -0.394 e. The van der Waals surface area contributed by atoms with Gasteiger partial charge in [0.25, 0.3) is 5.56 Å². The van der Waals surface area contributed by atoms with Crippen molar-refractivity contribution in [2.75, 3.05) is 12.3 Å². The molecule has 0 unspecified atom stereocenters. The van der Waals surface area contributed by atoms with Gasteiger partial charge in [-0.1, -0.05) is 12.2 Å². The topological polar surface area (TPSA) is 219 Å². The number of rotatable bonds is 5. The Hall–Kier alpha value is -2.36. The second-order valence-electron chi connectivity index (χ2n) is 7.70. The summed E-state index contributed by atoms with van der Waals surface area (Å²) < 4.78 is 6.88. The summed E-state index contributed by atoms with van der Waals surface area (Å²) in [6, 6.07) is -0.554. The van der Waals surface area contributed by atoms with E-state index in [2.05, 4.69) is 15.3 Å². The number of fused-ring (bicyclic) bond motifs is 1. The Bertz CT molecular complexity index is 1040. The molecule has 1 aliphatic carbocycles. The summed E-state index contributed by atoms with van der Waals surface area (Å²) in [6.07, 6.45) is -4.71. The number of aliphatic hydroxyl groups excluding tert-OH is 6. The summed E-state index contributed by atoms with van der Waals surface area (Å²) in [5, 5.41) is 62.9. The standard InChI is InChI=1S/C18H25N5O8/c19-18-21-15-10(16(30)22-18)6(3-20-7-1-2-8(25)11(7)26)4-23(15)17-14(29)13(28)12(27)9(5-24)31-17/h1-2,4,7-9,11-14,17,20,24-29H,3,5H2,(H3,19,21,22,30)/t7-,8-,9+,11+,12-,13-,14+,17-/m0/s1. The monoisotopic (exact) mass is 439 g/mol. The van der Waals surface area contributed by atoms with Crippen LogP contribution in [0.5, 0.6) is 0 Å². The number of nitrogens with zero attached hydrogens (tertiary/aromatic N) is 2. The fourth-order valence-corrected chi connectivity index (χ4v) is 3.98. The van der Waals surface area contributed by atoms with Gasteiger partial charge in [0.1, 0.15) is 30.5 Å². The van der Waals surface area contributed by atoms with Gasteiger partial charge in [-0.3, -0.25) is 9.78 Å². The molecule has 8 atom stereocenters. The van der Waals surface area contributed by atoms with Crippen LogP contribution in [0.3, 0.4) is 0 Å². The lowest BCUT2D eigenvalue weighted by Gasteiger charge is -2.40. The minimum absolute atomic E-state index is 0.0601. The SMILES string of the molecule is Nc1nc2c(c(CN[C@H]3C=C[C@H](O)[C@@H]3O)cn2[C@H]2O[C@H](CO)[C@H](O)[C@H](O)[C@H]2O)c(=O)[nH]1. The Morgan fingerprint density at radius 1 is 1.13 bits per heavy atom. The maximum Gasteiger partial charge on any atom is 0.262 e. The molecular weight excluding hydrogens is 414 g/mol. The van der Waals surface area contributed by atoms with Crippen LogP contribution in [0.25, 0.3) is 11.0 Å². The van der Waals surface area contributed by atoms with E-state index >= 15 is 0 Å². The van der Waals surface area contributed by atoms with Gasteiger partial charge in [-0.05, 0) is 5.56 Å². The summed E-state index contributed by atoms with van der Waals surface area (Å²) in [6.45, 7) is -0.534. The summed E-state index contributed by atoms with van der Waals surface area (Å²) in [4.78, 5) is 19.1. The quantitative estimate of drug-likeness (QED) is 0.205. The van der Waals surface area contributed by atoms with Crippen LogP contribution in [-0.4, -0.2) is 94.4 Å². The molecule has 1 aliphatic heterocycles. The molecule has 170 valence electrons. The molecule has 0 aromatic carbocycles. The molecule has 13 nitrogen and oxygen atoms in total. The van der Waals surface area contributed by atoms with Crippen molar-refractivity contribution in [1.29, 1.82) is 0 Å². The second kappa shape index (κ2) is 8.29. The van der Waals surface area contributed by atoms with Gasteiger partial charge in [0.05, 0.1) is 24.1 Å². The van der Waals surface area contributed by atoms with E-state index < -0.39 is 61.1 Å². The van der Waals surface area contributed by atoms with Crippen molar-refractivity contribution < 1.29 is 35.4 Å². The van der Waals surface area contributed by atoms with E-state index in [9.17, 15) is 35.4 Å². The van der Waals surface area contributed by atoms with E-state index in [4.69, 9.17) is 10.5 Å². The van der Waals surface area contributed by atoms with Crippen molar-refractivity contribution in [3.8, 4) is 0 Å². The number of nitrogen functional groups attached to an aromatic ring is 1. The van der Waals surface area contributed by atoms with Gasteiger partial charge in [-0.15, -0.1) is 0 Å². The van der Waals surface area contributed by atoms with Gasteiger partial charge in [-0.2, -0.15) is 4.98 Å². The Labute approximate surface area is 175 Å². The number of aliphatic hydroxyl groups is 6. The largest absolute Gasteiger partial charge is 0.394 e. The molecule has 10 N–H and O–H groups in total. The fraction of sp³-hybridized carbons (Fsp3) is 0.556. The number of H-pyrrole nitrogens is 1. The number of nitrogens with two attached hydrogens (primary N) is 1. The summed E-state index contributed by atoms with van der Waals surface area (Å²) in [5.74, 6) is -0.182. The first-order chi connectivity index (χ1) is 14.7. The molecule has 4 rings (SSSR count). The minimum atomic E-state index is -1.62. The lowest BCUT2D eigenvalue weighted by Crippen LogP contribution is -2.56. The first kappa shape index (κ1) is 21.9. The van der Waals surface area contributed by atoms with Crippen LogP contribution in [0, 0.1) is 0 Å². The molecule has 1 fully saturated rings. The van der Waals surface area contributed by atoms with E-state index in [1.54, 1.807) is 6.08 Å². The van der Waals surface area contributed by atoms with Gasteiger partial charge in [0.15, 0.2) is 11.9 Å². The zero-order valence-electron chi connectivity index (χ0n) is 16.2. The Morgan fingerprint density at radius 3 is 2.52 bits per heavy atom. The fourth-order valence-electron chi connectivity index (χ4n) is 3.98. The van der Waals surface area contributed by atoms with Crippen LogP contribution in [0.2, 0.25) is 0 Å². The van der Waals surface area contributed by atoms with Gasteiger partial charge in [-0.25, -0.2) is 0 Å². The summed E-state index contributed by atoms with van der Waals surface area (Å²) in [7, 11) is 0. The molecule has 1 saturated heterocycles. The van der Waals surface area contributed by atoms with Gasteiger partial charge in [0, 0.05) is 12.7 Å². The molecule has 0 bridgehead atoms. The first-order valence-corrected chi connectivity index (χ1v) is 9.70. The van der Waals surface area contributed by atoms with Crippen LogP contribution in [0.1, 0.15) is 11.8 Å². The molecule has 31 heavy (non-hydrogen) atoms. The third-order valence-corrected chi connectivity index (χ3v) is 5.68. The lowest BCUT2D eigenvalue weighted by atomic mass is 9.98. The first-order valence-electron chi connectivity index (χ1n) is 9.70. The van der Waals surface area contributed by atoms with Crippen molar-refractivity contribution in [2.45, 2.75) is 55.4 Å². The van der Waals surface area contributed by atoms with Crippen LogP contribution >= 0.6 is 0 Å². The summed E-state index contributed by atoms with van der Waals surface area (Å²) in [5.41, 5.74) is 5.61. The third kappa shape index (κ3) is 3.75. The molecule has 0 saturated carbocycles. The lowest BCUT2D eigenvalue weighted by molar-refractivity contribution is -0.250. The predicted octanol–water partition coefficient (Wildman–Crippen LogP) is -3.97. The number of ether oxygens (including phenoxy) is 1. The van der Waals surface area contributed by atoms with Gasteiger partial charge < -0.3 is 51.0 Å². The zero-order chi connectivity index (χ0) is 22.4. The molecule has 0 radical (unpaired) electrons. The number of anilines is 1. The van der Waals surface area contributed by atoms with Crippen molar-refractivity contribution in [1.82, 2.24) is 19.9 Å². The number of aromatic amines is 1. The van der Waals surface area contributed by atoms with Gasteiger partial charge in [0.2, 0.25) is 5.95 Å². The number of hydrogen-bond acceptors (Lipinski definition) is 11. The highest BCUT2D eigenvalue weighted by molar-refractivity contribution is 5.80. The average molecular weight is 439 g/mol. The molecule has 0 amide bonds. The average Bonchev–Trinajstić information content (AvgIpc) is 3.25. The highest BCUT2D eigenvalue weighted by atomic mass is 16.6. The van der Waals surface area contributed by atoms with Gasteiger partial charge >= 0.3 is 0 Å². The van der Waals surface area contributed by atoms with Crippen molar-refractivity contribution in [3.63, 3.8) is 0 Å².